The number of hydrogen-bond donors (Lipinski definition) is 1. The van der Waals surface area contributed by atoms with Gasteiger partial charge in [-0.15, -0.1) is 0 Å². The molecule has 2 aromatic carbocycles. The van der Waals surface area contributed by atoms with Gasteiger partial charge in [0.15, 0.2) is 0 Å². The third kappa shape index (κ3) is 4.00. The van der Waals surface area contributed by atoms with Gasteiger partial charge >= 0.3 is 0 Å². The summed E-state index contributed by atoms with van der Waals surface area (Å²) in [4.78, 5) is 0. The van der Waals surface area contributed by atoms with Crippen LogP contribution in [0.1, 0.15) is 18.1 Å². The van der Waals surface area contributed by atoms with E-state index in [1.54, 1.807) is 0 Å². The molecule has 0 saturated carbocycles. The maximum absolute atomic E-state index is 5.81. The van der Waals surface area contributed by atoms with Gasteiger partial charge in [0.2, 0.25) is 0 Å². The topological polar surface area (TPSA) is 30.5 Å². The molecule has 0 saturated heterocycles. The summed E-state index contributed by atoms with van der Waals surface area (Å²) >= 11 is 0. The van der Waals surface area contributed by atoms with Crippen LogP contribution in [-0.2, 0) is 13.2 Å². The van der Waals surface area contributed by atoms with E-state index in [0.717, 1.165) is 23.6 Å². The second-order valence-electron chi connectivity index (χ2n) is 4.50. The Kier molecular flexibility index (Phi) is 5.44. The lowest BCUT2D eigenvalue weighted by Gasteiger charge is -2.11. The summed E-state index contributed by atoms with van der Waals surface area (Å²) in [5, 5.41) is 3.13. The molecule has 0 bridgehead atoms. The van der Waals surface area contributed by atoms with Gasteiger partial charge in [-0.05, 0) is 37.7 Å². The molecular formula is C17H21NO2. The molecule has 0 aliphatic carbocycles. The van der Waals surface area contributed by atoms with Crippen molar-refractivity contribution >= 4 is 0 Å². The lowest BCUT2D eigenvalue weighted by Crippen LogP contribution is -2.04. The van der Waals surface area contributed by atoms with Crippen molar-refractivity contribution in [3.8, 4) is 11.5 Å². The van der Waals surface area contributed by atoms with Crippen LogP contribution in [0, 0.1) is 0 Å². The molecule has 0 atom stereocenters. The lowest BCUT2D eigenvalue weighted by atomic mass is 10.2. The minimum absolute atomic E-state index is 0.515. The van der Waals surface area contributed by atoms with Crippen LogP contribution in [0.25, 0.3) is 0 Å². The standard InChI is InChI=1S/C17H21NO2/c1-3-19-17-7-5-4-6-15(17)13-20-16-10-8-14(9-11-16)12-18-2/h4-11,18H,3,12-13H2,1-2H3. The highest BCUT2D eigenvalue weighted by atomic mass is 16.5. The van der Waals surface area contributed by atoms with Gasteiger partial charge in [0.05, 0.1) is 6.61 Å². The molecule has 3 heteroatoms. The number of nitrogens with one attached hydrogen (secondary N) is 1. The Morgan fingerprint density at radius 2 is 1.70 bits per heavy atom. The molecule has 0 unspecified atom stereocenters. The Labute approximate surface area is 120 Å². The molecular weight excluding hydrogens is 250 g/mol. The van der Waals surface area contributed by atoms with Crippen LogP contribution in [0.5, 0.6) is 11.5 Å². The van der Waals surface area contributed by atoms with Crippen molar-refractivity contribution in [3.05, 3.63) is 59.7 Å². The first-order valence-corrected chi connectivity index (χ1v) is 6.90. The molecule has 0 amide bonds. The smallest absolute Gasteiger partial charge is 0.125 e. The van der Waals surface area contributed by atoms with Crippen molar-refractivity contribution in [1.29, 1.82) is 0 Å². The first-order valence-electron chi connectivity index (χ1n) is 6.90. The average Bonchev–Trinajstić information content (AvgIpc) is 2.48. The summed E-state index contributed by atoms with van der Waals surface area (Å²) in [7, 11) is 1.94. The number of hydrogen-bond acceptors (Lipinski definition) is 3. The summed E-state index contributed by atoms with van der Waals surface area (Å²) in [5.41, 5.74) is 2.31. The zero-order chi connectivity index (χ0) is 14.2. The molecule has 1 N–H and O–H groups in total. The van der Waals surface area contributed by atoms with E-state index in [1.807, 2.05) is 50.4 Å². The van der Waals surface area contributed by atoms with E-state index in [9.17, 15) is 0 Å². The second kappa shape index (κ2) is 7.56. The van der Waals surface area contributed by atoms with E-state index >= 15 is 0 Å². The van der Waals surface area contributed by atoms with E-state index < -0.39 is 0 Å². The molecule has 0 fully saturated rings. The second-order valence-corrected chi connectivity index (χ2v) is 4.50. The largest absolute Gasteiger partial charge is 0.493 e. The van der Waals surface area contributed by atoms with E-state index in [1.165, 1.54) is 5.56 Å². The molecule has 0 aliphatic rings. The van der Waals surface area contributed by atoms with Crippen LogP contribution in [0.15, 0.2) is 48.5 Å². The summed E-state index contributed by atoms with van der Waals surface area (Å²) in [5.74, 6) is 1.76. The summed E-state index contributed by atoms with van der Waals surface area (Å²) in [6.07, 6.45) is 0. The number of rotatable bonds is 7. The van der Waals surface area contributed by atoms with Crippen LogP contribution in [0.3, 0.4) is 0 Å². The lowest BCUT2D eigenvalue weighted by molar-refractivity contribution is 0.286. The van der Waals surface area contributed by atoms with E-state index in [4.69, 9.17) is 9.47 Å². The molecule has 0 spiro atoms. The quantitative estimate of drug-likeness (QED) is 0.837. The van der Waals surface area contributed by atoms with Gasteiger partial charge in [-0.1, -0.05) is 30.3 Å². The zero-order valence-corrected chi connectivity index (χ0v) is 12.1. The first-order chi connectivity index (χ1) is 9.83. The van der Waals surface area contributed by atoms with Crippen molar-refractivity contribution in [2.45, 2.75) is 20.1 Å². The fraction of sp³-hybridized carbons (Fsp3) is 0.294. The highest BCUT2D eigenvalue weighted by Gasteiger charge is 2.03. The molecule has 0 aromatic heterocycles. The number of para-hydroxylation sites is 1. The molecule has 3 nitrogen and oxygen atoms in total. The van der Waals surface area contributed by atoms with Crippen molar-refractivity contribution < 1.29 is 9.47 Å². The molecule has 0 heterocycles. The van der Waals surface area contributed by atoms with Crippen molar-refractivity contribution in [2.24, 2.45) is 0 Å². The normalized spacial score (nSPS) is 10.3. The highest BCUT2D eigenvalue weighted by molar-refractivity contribution is 5.34. The van der Waals surface area contributed by atoms with Crippen LogP contribution >= 0.6 is 0 Å². The van der Waals surface area contributed by atoms with Crippen LogP contribution in [0.4, 0.5) is 0 Å². The van der Waals surface area contributed by atoms with Gasteiger partial charge in [0, 0.05) is 12.1 Å². The van der Waals surface area contributed by atoms with Gasteiger partial charge in [0.25, 0.3) is 0 Å². The van der Waals surface area contributed by atoms with Crippen LogP contribution < -0.4 is 14.8 Å². The predicted octanol–water partition coefficient (Wildman–Crippen LogP) is 3.38. The number of benzene rings is 2. The monoisotopic (exact) mass is 271 g/mol. The SMILES string of the molecule is CCOc1ccccc1COc1ccc(CNC)cc1. The number of ether oxygens (including phenoxy) is 2. The first kappa shape index (κ1) is 14.4. The van der Waals surface area contributed by atoms with Crippen molar-refractivity contribution in [1.82, 2.24) is 5.32 Å². The van der Waals surface area contributed by atoms with Crippen molar-refractivity contribution in [3.63, 3.8) is 0 Å². The highest BCUT2D eigenvalue weighted by Crippen LogP contribution is 2.21. The Morgan fingerprint density at radius 1 is 0.950 bits per heavy atom. The minimum Gasteiger partial charge on any atom is -0.493 e. The van der Waals surface area contributed by atoms with Gasteiger partial charge < -0.3 is 14.8 Å². The summed E-state index contributed by atoms with van der Waals surface area (Å²) < 4.78 is 11.4. The van der Waals surface area contributed by atoms with Crippen LogP contribution in [-0.4, -0.2) is 13.7 Å². The minimum atomic E-state index is 0.515. The van der Waals surface area contributed by atoms with Gasteiger partial charge in [-0.2, -0.15) is 0 Å². The maximum atomic E-state index is 5.81. The van der Waals surface area contributed by atoms with E-state index in [2.05, 4.69) is 17.4 Å². The third-order valence-electron chi connectivity index (χ3n) is 2.97. The third-order valence-corrected chi connectivity index (χ3v) is 2.97. The van der Waals surface area contributed by atoms with Gasteiger partial charge in [0.1, 0.15) is 18.1 Å². The van der Waals surface area contributed by atoms with Gasteiger partial charge in [-0.3, -0.25) is 0 Å². The summed E-state index contributed by atoms with van der Waals surface area (Å²) in [6.45, 7) is 4.03. The Hall–Kier alpha value is -2.00. The molecule has 106 valence electrons. The molecule has 0 aliphatic heterocycles. The predicted molar refractivity (Wildman–Crippen MR) is 81.1 cm³/mol. The Bertz CT molecular complexity index is 523. The molecule has 2 aromatic rings. The van der Waals surface area contributed by atoms with E-state index in [0.29, 0.717) is 13.2 Å². The molecule has 0 radical (unpaired) electrons. The fourth-order valence-electron chi connectivity index (χ4n) is 1.99. The summed E-state index contributed by atoms with van der Waals surface area (Å²) in [6, 6.07) is 16.1. The molecule has 2 rings (SSSR count). The average molecular weight is 271 g/mol. The Morgan fingerprint density at radius 3 is 2.40 bits per heavy atom. The van der Waals surface area contributed by atoms with Gasteiger partial charge in [-0.25, -0.2) is 0 Å². The zero-order valence-electron chi connectivity index (χ0n) is 12.1. The Balaban J connectivity index is 1.97. The fourth-order valence-corrected chi connectivity index (χ4v) is 1.99. The van der Waals surface area contributed by atoms with E-state index in [-0.39, 0.29) is 0 Å². The van der Waals surface area contributed by atoms with Crippen LogP contribution in [0.2, 0.25) is 0 Å². The van der Waals surface area contributed by atoms with Crippen molar-refractivity contribution in [2.75, 3.05) is 13.7 Å². The molecule has 20 heavy (non-hydrogen) atoms. The maximum Gasteiger partial charge on any atom is 0.125 e.